The van der Waals surface area contributed by atoms with E-state index in [1.165, 1.54) is 12.1 Å². The number of nitrogens with one attached hydrogen (secondary N) is 1. The summed E-state index contributed by atoms with van der Waals surface area (Å²) in [6.45, 7) is 2.19. The van der Waals surface area contributed by atoms with Crippen LogP contribution in [0.5, 0.6) is 0 Å². The van der Waals surface area contributed by atoms with Gasteiger partial charge in [-0.05, 0) is 18.2 Å². The first-order valence-electron chi connectivity index (χ1n) is 5.62. The quantitative estimate of drug-likeness (QED) is 0.858. The first-order chi connectivity index (χ1) is 9.06. The molecule has 100 valence electrons. The fourth-order valence-electron chi connectivity index (χ4n) is 1.56. The van der Waals surface area contributed by atoms with Crippen molar-refractivity contribution in [1.29, 1.82) is 0 Å². The smallest absolute Gasteiger partial charge is 0.338 e. The van der Waals surface area contributed by atoms with E-state index in [0.29, 0.717) is 30.4 Å². The topological polar surface area (TPSA) is 88.2 Å². The van der Waals surface area contributed by atoms with Gasteiger partial charge in [-0.1, -0.05) is 5.16 Å². The molecule has 2 aromatic rings. The Morgan fingerprint density at radius 3 is 2.89 bits per heavy atom. The molecule has 0 aliphatic rings. The van der Waals surface area contributed by atoms with Gasteiger partial charge >= 0.3 is 5.97 Å². The molecule has 0 saturated carbocycles. The van der Waals surface area contributed by atoms with Gasteiger partial charge in [-0.15, -0.1) is 0 Å². The fraction of sp³-hybridized carbons (Fsp3) is 0.250. The third-order valence-corrected chi connectivity index (χ3v) is 2.45. The summed E-state index contributed by atoms with van der Waals surface area (Å²) in [5, 5.41) is 15.4. The zero-order valence-corrected chi connectivity index (χ0v) is 10.2. The molecule has 0 fully saturated rings. The Labute approximate surface area is 108 Å². The van der Waals surface area contributed by atoms with E-state index < -0.39 is 11.8 Å². The Hall–Kier alpha value is -2.44. The van der Waals surface area contributed by atoms with Crippen molar-refractivity contribution >= 4 is 11.7 Å². The number of carboxylic acid groups (broad SMARTS) is 1. The van der Waals surface area contributed by atoms with Crippen molar-refractivity contribution < 1.29 is 18.8 Å². The number of aromatic nitrogens is 2. The molecule has 1 heterocycles. The standard InChI is InChI=1S/C12H12FN3O3/c1-7-15-11(16-19-7)4-5-14-8-2-3-9(12(17)18)10(13)6-8/h2-3,6,14H,4-5H2,1H3,(H,17,18). The van der Waals surface area contributed by atoms with E-state index in [1.54, 1.807) is 6.92 Å². The molecule has 0 saturated heterocycles. The van der Waals surface area contributed by atoms with Gasteiger partial charge in [-0.25, -0.2) is 9.18 Å². The highest BCUT2D eigenvalue weighted by atomic mass is 19.1. The lowest BCUT2D eigenvalue weighted by molar-refractivity contribution is 0.0692. The van der Waals surface area contributed by atoms with Crippen molar-refractivity contribution in [2.45, 2.75) is 13.3 Å². The monoisotopic (exact) mass is 265 g/mol. The molecule has 19 heavy (non-hydrogen) atoms. The Bertz CT molecular complexity index is 598. The number of benzene rings is 1. The lowest BCUT2D eigenvalue weighted by Gasteiger charge is -2.05. The molecule has 0 radical (unpaired) electrons. The van der Waals surface area contributed by atoms with E-state index in [0.717, 1.165) is 6.07 Å². The van der Waals surface area contributed by atoms with Gasteiger partial charge in [0.25, 0.3) is 0 Å². The average Bonchev–Trinajstić information content (AvgIpc) is 2.75. The van der Waals surface area contributed by atoms with Gasteiger partial charge in [-0.3, -0.25) is 0 Å². The zero-order valence-electron chi connectivity index (χ0n) is 10.2. The largest absolute Gasteiger partial charge is 0.478 e. The Kier molecular flexibility index (Phi) is 3.74. The summed E-state index contributed by atoms with van der Waals surface area (Å²) in [5.74, 6) is -1.00. The number of hydrogen-bond acceptors (Lipinski definition) is 5. The minimum atomic E-state index is -1.29. The van der Waals surface area contributed by atoms with E-state index in [4.69, 9.17) is 9.63 Å². The van der Waals surface area contributed by atoms with Crippen molar-refractivity contribution in [3.63, 3.8) is 0 Å². The molecule has 0 bridgehead atoms. The van der Waals surface area contributed by atoms with Crippen molar-refractivity contribution in [2.75, 3.05) is 11.9 Å². The number of rotatable bonds is 5. The number of carboxylic acids is 1. The lowest BCUT2D eigenvalue weighted by Crippen LogP contribution is -2.07. The molecule has 7 heteroatoms. The molecule has 6 nitrogen and oxygen atoms in total. The Balaban J connectivity index is 1.93. The van der Waals surface area contributed by atoms with Gasteiger partial charge in [-0.2, -0.15) is 4.98 Å². The minimum absolute atomic E-state index is 0.348. The third-order valence-electron chi connectivity index (χ3n) is 2.45. The average molecular weight is 265 g/mol. The highest BCUT2D eigenvalue weighted by molar-refractivity contribution is 5.88. The maximum Gasteiger partial charge on any atom is 0.338 e. The van der Waals surface area contributed by atoms with Crippen LogP contribution in [-0.2, 0) is 6.42 Å². The molecule has 1 aromatic heterocycles. The molecule has 0 unspecified atom stereocenters. The van der Waals surface area contributed by atoms with E-state index in [-0.39, 0.29) is 5.56 Å². The predicted molar refractivity (Wildman–Crippen MR) is 64.6 cm³/mol. The molecular formula is C12H12FN3O3. The molecule has 0 amide bonds. The van der Waals surface area contributed by atoms with Crippen LogP contribution in [0.1, 0.15) is 22.1 Å². The number of aryl methyl sites for hydroxylation is 1. The van der Waals surface area contributed by atoms with Crippen LogP contribution in [0, 0.1) is 12.7 Å². The predicted octanol–water partition coefficient (Wildman–Crippen LogP) is 1.87. The van der Waals surface area contributed by atoms with Crippen LogP contribution in [0.2, 0.25) is 0 Å². The van der Waals surface area contributed by atoms with Crippen LogP contribution < -0.4 is 5.32 Å². The first-order valence-corrected chi connectivity index (χ1v) is 5.62. The molecule has 0 atom stereocenters. The molecular weight excluding hydrogens is 253 g/mol. The van der Waals surface area contributed by atoms with Gasteiger partial charge in [0.2, 0.25) is 5.89 Å². The van der Waals surface area contributed by atoms with Crippen LogP contribution in [0.25, 0.3) is 0 Å². The number of nitrogens with zero attached hydrogens (tertiary/aromatic N) is 2. The normalized spacial score (nSPS) is 10.4. The van der Waals surface area contributed by atoms with E-state index >= 15 is 0 Å². The lowest BCUT2D eigenvalue weighted by atomic mass is 10.2. The molecule has 0 spiro atoms. The van der Waals surface area contributed by atoms with Gasteiger partial charge < -0.3 is 14.9 Å². The summed E-state index contributed by atoms with van der Waals surface area (Å²) in [5.41, 5.74) is 0.155. The maximum absolute atomic E-state index is 13.4. The van der Waals surface area contributed by atoms with Gasteiger partial charge in [0.15, 0.2) is 5.82 Å². The molecule has 0 aliphatic heterocycles. The van der Waals surface area contributed by atoms with E-state index in [9.17, 15) is 9.18 Å². The number of halogens is 1. The van der Waals surface area contributed by atoms with Crippen LogP contribution in [-0.4, -0.2) is 27.8 Å². The van der Waals surface area contributed by atoms with Crippen molar-refractivity contribution in [1.82, 2.24) is 10.1 Å². The second-order valence-electron chi connectivity index (χ2n) is 3.91. The van der Waals surface area contributed by atoms with Crippen LogP contribution in [0.15, 0.2) is 22.7 Å². The molecule has 2 N–H and O–H groups in total. The maximum atomic E-state index is 13.4. The summed E-state index contributed by atoms with van der Waals surface area (Å²) in [4.78, 5) is 14.7. The van der Waals surface area contributed by atoms with E-state index in [1.807, 2.05) is 0 Å². The summed E-state index contributed by atoms with van der Waals surface area (Å²) in [6.07, 6.45) is 0.527. The van der Waals surface area contributed by atoms with Crippen LogP contribution in [0.3, 0.4) is 0 Å². The highest BCUT2D eigenvalue weighted by Crippen LogP contribution is 2.14. The Morgan fingerprint density at radius 2 is 2.32 bits per heavy atom. The van der Waals surface area contributed by atoms with Gasteiger partial charge in [0, 0.05) is 25.6 Å². The summed E-state index contributed by atoms with van der Waals surface area (Å²) in [6, 6.07) is 3.87. The highest BCUT2D eigenvalue weighted by Gasteiger charge is 2.10. The first kappa shape index (κ1) is 13.0. The summed E-state index contributed by atoms with van der Waals surface area (Å²) >= 11 is 0. The zero-order chi connectivity index (χ0) is 13.8. The third kappa shape index (κ3) is 3.27. The number of hydrogen-bond donors (Lipinski definition) is 2. The second kappa shape index (κ2) is 5.47. The minimum Gasteiger partial charge on any atom is -0.478 e. The second-order valence-corrected chi connectivity index (χ2v) is 3.91. The number of anilines is 1. The van der Waals surface area contributed by atoms with Gasteiger partial charge in [0.1, 0.15) is 5.82 Å². The number of aromatic carboxylic acids is 1. The fourth-order valence-corrected chi connectivity index (χ4v) is 1.56. The van der Waals surface area contributed by atoms with Crippen molar-refractivity contribution in [3.8, 4) is 0 Å². The molecule has 0 aliphatic carbocycles. The van der Waals surface area contributed by atoms with Crippen molar-refractivity contribution in [3.05, 3.63) is 41.3 Å². The SMILES string of the molecule is Cc1nc(CCNc2ccc(C(=O)O)c(F)c2)no1. The Morgan fingerprint density at radius 1 is 1.53 bits per heavy atom. The summed E-state index contributed by atoms with van der Waals surface area (Å²) in [7, 11) is 0. The van der Waals surface area contributed by atoms with Crippen LogP contribution >= 0.6 is 0 Å². The summed E-state index contributed by atoms with van der Waals surface area (Å²) < 4.78 is 18.2. The number of carbonyl (C=O) groups is 1. The van der Waals surface area contributed by atoms with Crippen molar-refractivity contribution in [2.24, 2.45) is 0 Å². The molecule has 1 aromatic carbocycles. The van der Waals surface area contributed by atoms with Gasteiger partial charge in [0.05, 0.1) is 5.56 Å². The van der Waals surface area contributed by atoms with E-state index in [2.05, 4.69) is 15.5 Å². The molecule has 2 rings (SSSR count). The van der Waals surface area contributed by atoms with Crippen LogP contribution in [0.4, 0.5) is 10.1 Å².